The van der Waals surface area contributed by atoms with Gasteiger partial charge in [0.2, 0.25) is 0 Å². The fraction of sp³-hybridized carbons (Fsp3) is 0.286. The standard InChI is InChI=1S/C21H23ClN4O2/c1-3-16(2)17-4-7-20(8-5-17)27-10-11-28-21-9-6-19(22)12-18(21)13-25-26-14-23-24-15-26/h4-9,12-16H,3,10-11H2,1-2H3/b25-13-/t16-/m0/s1. The first-order chi connectivity index (χ1) is 13.7. The van der Waals surface area contributed by atoms with Crippen molar-refractivity contribution in [3.8, 4) is 11.5 Å². The molecule has 3 rings (SSSR count). The van der Waals surface area contributed by atoms with Crippen molar-refractivity contribution in [1.29, 1.82) is 0 Å². The molecule has 6 nitrogen and oxygen atoms in total. The highest BCUT2D eigenvalue weighted by atomic mass is 35.5. The molecular formula is C21H23ClN4O2. The van der Waals surface area contributed by atoms with E-state index in [1.54, 1.807) is 18.3 Å². The topological polar surface area (TPSA) is 61.5 Å². The van der Waals surface area contributed by atoms with E-state index in [9.17, 15) is 0 Å². The van der Waals surface area contributed by atoms with E-state index in [1.807, 2.05) is 18.2 Å². The van der Waals surface area contributed by atoms with Gasteiger partial charge in [-0.25, -0.2) is 4.68 Å². The first kappa shape index (κ1) is 19.9. The number of aromatic nitrogens is 3. The number of halogens is 1. The molecule has 1 atom stereocenters. The fourth-order valence-corrected chi connectivity index (χ4v) is 2.76. The minimum absolute atomic E-state index is 0.405. The van der Waals surface area contributed by atoms with Gasteiger partial charge in [-0.05, 0) is 48.2 Å². The predicted octanol–water partition coefficient (Wildman–Crippen LogP) is 4.79. The van der Waals surface area contributed by atoms with E-state index in [0.717, 1.165) is 17.7 Å². The molecule has 0 unspecified atom stereocenters. The van der Waals surface area contributed by atoms with Crippen molar-refractivity contribution in [2.24, 2.45) is 5.10 Å². The van der Waals surface area contributed by atoms with Crippen molar-refractivity contribution in [2.45, 2.75) is 26.2 Å². The van der Waals surface area contributed by atoms with Crippen LogP contribution in [0, 0.1) is 0 Å². The van der Waals surface area contributed by atoms with Crippen LogP contribution in [0.4, 0.5) is 0 Å². The monoisotopic (exact) mass is 398 g/mol. The summed E-state index contributed by atoms with van der Waals surface area (Å²) in [5, 5.41) is 12.3. The van der Waals surface area contributed by atoms with Crippen LogP contribution in [0.25, 0.3) is 0 Å². The minimum atomic E-state index is 0.405. The van der Waals surface area contributed by atoms with Gasteiger partial charge in [0, 0.05) is 10.6 Å². The summed E-state index contributed by atoms with van der Waals surface area (Å²) in [4.78, 5) is 0. The third-order valence-corrected chi connectivity index (χ3v) is 4.61. The molecule has 0 radical (unpaired) electrons. The molecule has 3 aromatic rings. The molecule has 2 aromatic carbocycles. The molecule has 0 saturated heterocycles. The van der Waals surface area contributed by atoms with Crippen LogP contribution in [-0.4, -0.2) is 34.3 Å². The summed E-state index contributed by atoms with van der Waals surface area (Å²) < 4.78 is 13.1. The summed E-state index contributed by atoms with van der Waals surface area (Å²) >= 11 is 6.09. The molecule has 0 bridgehead atoms. The summed E-state index contributed by atoms with van der Waals surface area (Å²) in [5.74, 6) is 2.07. The molecule has 0 aliphatic carbocycles. The second-order valence-electron chi connectivity index (χ2n) is 6.34. The van der Waals surface area contributed by atoms with Crippen LogP contribution in [0.15, 0.2) is 60.2 Å². The maximum Gasteiger partial charge on any atom is 0.141 e. The van der Waals surface area contributed by atoms with Crippen molar-refractivity contribution >= 4 is 17.8 Å². The Morgan fingerprint density at radius 2 is 1.79 bits per heavy atom. The van der Waals surface area contributed by atoms with Gasteiger partial charge in [0.1, 0.15) is 37.4 Å². The number of nitrogens with zero attached hydrogens (tertiary/aromatic N) is 4. The summed E-state index contributed by atoms with van der Waals surface area (Å²) in [5.41, 5.74) is 2.09. The van der Waals surface area contributed by atoms with Crippen molar-refractivity contribution < 1.29 is 9.47 Å². The second-order valence-corrected chi connectivity index (χ2v) is 6.78. The molecule has 1 aromatic heterocycles. The van der Waals surface area contributed by atoms with Gasteiger partial charge in [-0.2, -0.15) is 5.10 Å². The molecule has 0 saturated carbocycles. The van der Waals surface area contributed by atoms with Crippen LogP contribution in [0.3, 0.4) is 0 Å². The van der Waals surface area contributed by atoms with Gasteiger partial charge < -0.3 is 9.47 Å². The van der Waals surface area contributed by atoms with Crippen LogP contribution >= 0.6 is 11.6 Å². The maximum absolute atomic E-state index is 6.09. The van der Waals surface area contributed by atoms with Gasteiger partial charge in [0.05, 0.1) is 6.21 Å². The molecular weight excluding hydrogens is 376 g/mol. The van der Waals surface area contributed by atoms with E-state index >= 15 is 0 Å². The fourth-order valence-electron chi connectivity index (χ4n) is 2.57. The zero-order chi connectivity index (χ0) is 19.8. The highest BCUT2D eigenvalue weighted by Crippen LogP contribution is 2.23. The van der Waals surface area contributed by atoms with Gasteiger partial charge in [0.15, 0.2) is 0 Å². The zero-order valence-corrected chi connectivity index (χ0v) is 16.7. The lowest BCUT2D eigenvalue weighted by Crippen LogP contribution is -2.10. The number of hydrogen-bond donors (Lipinski definition) is 0. The number of benzene rings is 2. The molecule has 7 heteroatoms. The van der Waals surface area contributed by atoms with Gasteiger partial charge in [0.25, 0.3) is 0 Å². The molecule has 0 amide bonds. The van der Waals surface area contributed by atoms with Crippen LogP contribution in [-0.2, 0) is 0 Å². The maximum atomic E-state index is 6.09. The number of rotatable bonds is 9. The molecule has 146 valence electrons. The summed E-state index contributed by atoms with van der Waals surface area (Å²) in [6, 6.07) is 13.6. The van der Waals surface area contributed by atoms with Crippen molar-refractivity contribution in [3.63, 3.8) is 0 Å². The molecule has 0 fully saturated rings. The van der Waals surface area contributed by atoms with Gasteiger partial charge in [-0.3, -0.25) is 0 Å². The highest BCUT2D eigenvalue weighted by molar-refractivity contribution is 6.30. The van der Waals surface area contributed by atoms with Gasteiger partial charge in [-0.1, -0.05) is 37.6 Å². The highest BCUT2D eigenvalue weighted by Gasteiger charge is 2.05. The Labute approximate surface area is 169 Å². The lowest BCUT2D eigenvalue weighted by molar-refractivity contribution is 0.217. The molecule has 0 aliphatic rings. The average molecular weight is 399 g/mol. The van der Waals surface area contributed by atoms with Gasteiger partial charge >= 0.3 is 0 Å². The van der Waals surface area contributed by atoms with Crippen LogP contribution in [0.1, 0.15) is 37.3 Å². The Morgan fingerprint density at radius 1 is 1.07 bits per heavy atom. The van der Waals surface area contributed by atoms with E-state index in [4.69, 9.17) is 21.1 Å². The van der Waals surface area contributed by atoms with E-state index < -0.39 is 0 Å². The van der Waals surface area contributed by atoms with E-state index in [0.29, 0.717) is 29.9 Å². The number of hydrogen-bond acceptors (Lipinski definition) is 5. The summed E-state index contributed by atoms with van der Waals surface area (Å²) in [6.45, 7) is 5.25. The summed E-state index contributed by atoms with van der Waals surface area (Å²) in [6.07, 6.45) is 5.78. The largest absolute Gasteiger partial charge is 0.490 e. The normalized spacial score (nSPS) is 12.2. The number of ether oxygens (including phenoxy) is 2. The Kier molecular flexibility index (Phi) is 7.03. The Hall–Kier alpha value is -2.86. The van der Waals surface area contributed by atoms with E-state index in [2.05, 4.69) is 41.3 Å². The van der Waals surface area contributed by atoms with Gasteiger partial charge in [-0.15, -0.1) is 10.2 Å². The van der Waals surface area contributed by atoms with Crippen LogP contribution < -0.4 is 9.47 Å². The average Bonchev–Trinajstić information content (AvgIpc) is 3.24. The Bertz CT molecular complexity index is 895. The van der Waals surface area contributed by atoms with Crippen molar-refractivity contribution in [3.05, 3.63) is 71.3 Å². The first-order valence-electron chi connectivity index (χ1n) is 9.20. The first-order valence-corrected chi connectivity index (χ1v) is 9.57. The predicted molar refractivity (Wildman–Crippen MR) is 111 cm³/mol. The van der Waals surface area contributed by atoms with Crippen molar-refractivity contribution in [2.75, 3.05) is 13.2 Å². The Morgan fingerprint density at radius 3 is 2.50 bits per heavy atom. The van der Waals surface area contributed by atoms with Crippen molar-refractivity contribution in [1.82, 2.24) is 14.9 Å². The lowest BCUT2D eigenvalue weighted by atomic mass is 9.99. The summed E-state index contributed by atoms with van der Waals surface area (Å²) in [7, 11) is 0. The zero-order valence-electron chi connectivity index (χ0n) is 16.0. The molecule has 0 aliphatic heterocycles. The Balaban J connectivity index is 1.54. The molecule has 1 heterocycles. The molecule has 0 spiro atoms. The van der Waals surface area contributed by atoms with E-state index in [-0.39, 0.29) is 0 Å². The lowest BCUT2D eigenvalue weighted by Gasteiger charge is -2.12. The van der Waals surface area contributed by atoms with E-state index in [1.165, 1.54) is 22.9 Å². The SMILES string of the molecule is CC[C@H](C)c1ccc(OCCOc2ccc(Cl)cc2/C=N\n2cnnc2)cc1. The third-order valence-electron chi connectivity index (χ3n) is 4.38. The second kappa shape index (κ2) is 9.90. The smallest absolute Gasteiger partial charge is 0.141 e. The van der Waals surface area contributed by atoms with Crippen LogP contribution in [0.2, 0.25) is 5.02 Å². The molecule has 0 N–H and O–H groups in total. The quantitative estimate of drug-likeness (QED) is 0.384. The minimum Gasteiger partial charge on any atom is -0.490 e. The molecule has 28 heavy (non-hydrogen) atoms. The van der Waals surface area contributed by atoms with Crippen LogP contribution in [0.5, 0.6) is 11.5 Å². The third kappa shape index (κ3) is 5.57.